The molecule has 0 amide bonds. The third-order valence-corrected chi connectivity index (χ3v) is 4.14. The van der Waals surface area contributed by atoms with Crippen molar-refractivity contribution in [3.8, 4) is 0 Å². The van der Waals surface area contributed by atoms with Crippen LogP contribution in [-0.2, 0) is 4.79 Å². The van der Waals surface area contributed by atoms with E-state index in [0.29, 0.717) is 6.42 Å². The summed E-state index contributed by atoms with van der Waals surface area (Å²) in [7, 11) is 0. The Bertz CT molecular complexity index is 286. The molecular formula is C14H27N3O2. The maximum Gasteiger partial charge on any atom is 0.320 e. The van der Waals surface area contributed by atoms with Gasteiger partial charge in [0.1, 0.15) is 6.04 Å². The SMILES string of the molecule is CCCNC(CCN1CCN(C2CC2)CC1)C(=O)O. The highest BCUT2D eigenvalue weighted by molar-refractivity contribution is 5.73. The lowest BCUT2D eigenvalue weighted by Crippen LogP contribution is -2.48. The van der Waals surface area contributed by atoms with Crippen molar-refractivity contribution in [2.45, 2.75) is 44.7 Å². The van der Waals surface area contributed by atoms with Crippen molar-refractivity contribution >= 4 is 5.97 Å². The second-order valence-electron chi connectivity index (χ2n) is 5.74. The summed E-state index contributed by atoms with van der Waals surface area (Å²) < 4.78 is 0. The van der Waals surface area contributed by atoms with Crippen molar-refractivity contribution in [3.05, 3.63) is 0 Å². The van der Waals surface area contributed by atoms with Gasteiger partial charge in [0.05, 0.1) is 0 Å². The second kappa shape index (κ2) is 7.22. The van der Waals surface area contributed by atoms with Crippen molar-refractivity contribution < 1.29 is 9.90 Å². The molecule has 0 radical (unpaired) electrons. The van der Waals surface area contributed by atoms with E-state index in [0.717, 1.165) is 51.7 Å². The van der Waals surface area contributed by atoms with Crippen LogP contribution in [0.25, 0.3) is 0 Å². The summed E-state index contributed by atoms with van der Waals surface area (Å²) in [4.78, 5) is 16.1. The summed E-state index contributed by atoms with van der Waals surface area (Å²) in [5.41, 5.74) is 0. The average molecular weight is 269 g/mol. The molecule has 2 aliphatic rings. The number of piperazine rings is 1. The van der Waals surface area contributed by atoms with Crippen LogP contribution in [0.5, 0.6) is 0 Å². The van der Waals surface area contributed by atoms with E-state index >= 15 is 0 Å². The van der Waals surface area contributed by atoms with Crippen LogP contribution in [-0.4, -0.2) is 72.2 Å². The fourth-order valence-electron chi connectivity index (χ4n) is 2.73. The van der Waals surface area contributed by atoms with Gasteiger partial charge in [-0.1, -0.05) is 6.92 Å². The van der Waals surface area contributed by atoms with Crippen LogP contribution >= 0.6 is 0 Å². The molecule has 1 heterocycles. The third-order valence-electron chi connectivity index (χ3n) is 4.14. The molecule has 2 N–H and O–H groups in total. The molecule has 0 aromatic heterocycles. The van der Waals surface area contributed by atoms with Gasteiger partial charge in [-0.15, -0.1) is 0 Å². The fraction of sp³-hybridized carbons (Fsp3) is 0.929. The van der Waals surface area contributed by atoms with E-state index in [1.54, 1.807) is 0 Å². The summed E-state index contributed by atoms with van der Waals surface area (Å²) in [5.74, 6) is -0.718. The number of carbonyl (C=O) groups is 1. The summed E-state index contributed by atoms with van der Waals surface area (Å²) >= 11 is 0. The highest BCUT2D eigenvalue weighted by Crippen LogP contribution is 2.27. The zero-order chi connectivity index (χ0) is 13.7. The number of nitrogens with zero attached hydrogens (tertiary/aromatic N) is 2. The maximum atomic E-state index is 11.1. The zero-order valence-corrected chi connectivity index (χ0v) is 12.0. The van der Waals surface area contributed by atoms with Gasteiger partial charge in [-0.05, 0) is 32.2 Å². The van der Waals surface area contributed by atoms with Crippen LogP contribution in [0.15, 0.2) is 0 Å². The predicted octanol–water partition coefficient (Wildman–Crippen LogP) is 0.609. The quantitative estimate of drug-likeness (QED) is 0.676. The van der Waals surface area contributed by atoms with Gasteiger partial charge in [0, 0.05) is 38.8 Å². The topological polar surface area (TPSA) is 55.8 Å². The van der Waals surface area contributed by atoms with Crippen molar-refractivity contribution in [1.82, 2.24) is 15.1 Å². The molecule has 0 aromatic carbocycles. The molecule has 1 saturated heterocycles. The minimum absolute atomic E-state index is 0.388. The lowest BCUT2D eigenvalue weighted by molar-refractivity contribution is -0.139. The largest absolute Gasteiger partial charge is 0.480 e. The Hall–Kier alpha value is -0.650. The van der Waals surface area contributed by atoms with E-state index in [9.17, 15) is 4.79 Å². The molecule has 1 saturated carbocycles. The number of aliphatic carboxylic acids is 1. The van der Waals surface area contributed by atoms with Gasteiger partial charge in [-0.3, -0.25) is 9.69 Å². The highest BCUT2D eigenvalue weighted by atomic mass is 16.4. The molecular weight excluding hydrogens is 242 g/mol. The molecule has 1 aliphatic heterocycles. The van der Waals surface area contributed by atoms with Crippen molar-refractivity contribution in [2.75, 3.05) is 39.3 Å². The van der Waals surface area contributed by atoms with E-state index < -0.39 is 5.97 Å². The Morgan fingerprint density at radius 2 is 2.00 bits per heavy atom. The molecule has 110 valence electrons. The van der Waals surface area contributed by atoms with Crippen LogP contribution in [0.4, 0.5) is 0 Å². The van der Waals surface area contributed by atoms with E-state index in [1.165, 1.54) is 12.8 Å². The molecule has 2 rings (SSSR count). The Balaban J connectivity index is 1.64. The molecule has 0 aromatic rings. The van der Waals surface area contributed by atoms with Crippen LogP contribution in [0, 0.1) is 0 Å². The van der Waals surface area contributed by atoms with Gasteiger partial charge < -0.3 is 15.3 Å². The Kier molecular flexibility index (Phi) is 5.60. The smallest absolute Gasteiger partial charge is 0.320 e. The normalized spacial score (nSPS) is 23.4. The third kappa shape index (κ3) is 4.75. The maximum absolute atomic E-state index is 11.1. The number of hydrogen-bond acceptors (Lipinski definition) is 4. The molecule has 1 unspecified atom stereocenters. The van der Waals surface area contributed by atoms with Gasteiger partial charge in [-0.25, -0.2) is 0 Å². The molecule has 1 atom stereocenters. The number of nitrogens with one attached hydrogen (secondary N) is 1. The highest BCUT2D eigenvalue weighted by Gasteiger charge is 2.31. The van der Waals surface area contributed by atoms with Crippen LogP contribution < -0.4 is 5.32 Å². The molecule has 5 nitrogen and oxygen atoms in total. The first kappa shape index (κ1) is 14.8. The Labute approximate surface area is 115 Å². The summed E-state index contributed by atoms with van der Waals surface area (Å²) in [5, 5.41) is 12.3. The molecule has 0 spiro atoms. The lowest BCUT2D eigenvalue weighted by atomic mass is 10.2. The minimum atomic E-state index is -0.718. The molecule has 2 fully saturated rings. The zero-order valence-electron chi connectivity index (χ0n) is 12.0. The van der Waals surface area contributed by atoms with Crippen molar-refractivity contribution in [3.63, 3.8) is 0 Å². The number of hydrogen-bond donors (Lipinski definition) is 2. The second-order valence-corrected chi connectivity index (χ2v) is 5.74. The van der Waals surface area contributed by atoms with Crippen molar-refractivity contribution in [1.29, 1.82) is 0 Å². The first-order valence-corrected chi connectivity index (χ1v) is 7.63. The van der Waals surface area contributed by atoms with Gasteiger partial charge in [-0.2, -0.15) is 0 Å². The van der Waals surface area contributed by atoms with Crippen molar-refractivity contribution in [2.24, 2.45) is 0 Å². The summed E-state index contributed by atoms with van der Waals surface area (Å²) in [6.07, 6.45) is 4.44. The van der Waals surface area contributed by atoms with E-state index in [2.05, 4.69) is 22.0 Å². The lowest BCUT2D eigenvalue weighted by Gasteiger charge is -2.35. The summed E-state index contributed by atoms with van der Waals surface area (Å²) in [6, 6.07) is 0.474. The van der Waals surface area contributed by atoms with E-state index in [1.807, 2.05) is 0 Å². The fourth-order valence-corrected chi connectivity index (χ4v) is 2.73. The number of carboxylic acid groups (broad SMARTS) is 1. The van der Waals surface area contributed by atoms with E-state index in [4.69, 9.17) is 5.11 Å². The Morgan fingerprint density at radius 3 is 2.53 bits per heavy atom. The standard InChI is InChI=1S/C14H27N3O2/c1-2-6-15-13(14(18)19)5-7-16-8-10-17(11-9-16)12-3-4-12/h12-13,15H,2-11H2,1H3,(H,18,19). The minimum Gasteiger partial charge on any atom is -0.480 e. The molecule has 1 aliphatic carbocycles. The molecule has 19 heavy (non-hydrogen) atoms. The van der Waals surface area contributed by atoms with Crippen LogP contribution in [0.1, 0.15) is 32.6 Å². The predicted molar refractivity (Wildman–Crippen MR) is 75.4 cm³/mol. The van der Waals surface area contributed by atoms with Gasteiger partial charge in [0.15, 0.2) is 0 Å². The molecule has 0 bridgehead atoms. The number of rotatable bonds is 8. The monoisotopic (exact) mass is 269 g/mol. The van der Waals surface area contributed by atoms with Gasteiger partial charge in [0.2, 0.25) is 0 Å². The van der Waals surface area contributed by atoms with Crippen LogP contribution in [0.3, 0.4) is 0 Å². The average Bonchev–Trinajstić information content (AvgIpc) is 3.23. The molecule has 5 heteroatoms. The summed E-state index contributed by atoms with van der Waals surface area (Å²) in [6.45, 7) is 8.24. The van der Waals surface area contributed by atoms with E-state index in [-0.39, 0.29) is 6.04 Å². The Morgan fingerprint density at radius 1 is 1.32 bits per heavy atom. The first-order valence-electron chi connectivity index (χ1n) is 7.63. The van der Waals surface area contributed by atoms with Crippen LogP contribution in [0.2, 0.25) is 0 Å². The van der Waals surface area contributed by atoms with Gasteiger partial charge >= 0.3 is 5.97 Å². The number of carboxylic acids is 1. The van der Waals surface area contributed by atoms with Gasteiger partial charge in [0.25, 0.3) is 0 Å². The first-order chi connectivity index (χ1) is 9.20.